The molecule has 8 heteroatoms. The van der Waals surface area contributed by atoms with Gasteiger partial charge in [-0.1, -0.05) is 23.7 Å². The topological polar surface area (TPSA) is 97.1 Å². The summed E-state index contributed by atoms with van der Waals surface area (Å²) in [5.74, 6) is 0.150. The molecule has 0 bridgehead atoms. The molecule has 0 unspecified atom stereocenters. The molecule has 7 nitrogen and oxygen atoms in total. The highest BCUT2D eigenvalue weighted by atomic mass is 35.5. The third kappa shape index (κ3) is 4.13. The van der Waals surface area contributed by atoms with Gasteiger partial charge >= 0.3 is 5.97 Å². The van der Waals surface area contributed by atoms with Crippen molar-refractivity contribution in [2.75, 3.05) is 13.4 Å². The van der Waals surface area contributed by atoms with Crippen LogP contribution in [0.3, 0.4) is 0 Å². The number of amides is 1. The summed E-state index contributed by atoms with van der Waals surface area (Å²) in [6.07, 6.45) is 0. The van der Waals surface area contributed by atoms with Crippen LogP contribution in [-0.2, 0) is 16.1 Å². The highest BCUT2D eigenvalue weighted by molar-refractivity contribution is 6.32. The summed E-state index contributed by atoms with van der Waals surface area (Å²) in [5.41, 5.74) is 5.98. The molecular formula is C17H14ClNO6. The van der Waals surface area contributed by atoms with E-state index < -0.39 is 11.9 Å². The van der Waals surface area contributed by atoms with Gasteiger partial charge in [-0.15, -0.1) is 0 Å². The highest BCUT2D eigenvalue weighted by Crippen LogP contribution is 2.39. The molecule has 1 heterocycles. The first kappa shape index (κ1) is 16.9. The van der Waals surface area contributed by atoms with Crippen LogP contribution in [0.1, 0.15) is 15.9 Å². The monoisotopic (exact) mass is 363 g/mol. The second-order valence-electron chi connectivity index (χ2n) is 5.17. The van der Waals surface area contributed by atoms with Crippen LogP contribution in [0.2, 0.25) is 5.02 Å². The Morgan fingerprint density at radius 3 is 2.84 bits per heavy atom. The van der Waals surface area contributed by atoms with Crippen molar-refractivity contribution in [2.45, 2.75) is 6.61 Å². The standard InChI is InChI=1S/C17H14ClNO6/c18-13-5-11(6-14-16(13)25-9-24-14)17(21)23-7-10-2-1-3-12(4-10)22-8-15(19)20/h1-6H,7-9H2,(H2,19,20). The first-order chi connectivity index (χ1) is 12.0. The predicted octanol–water partition coefficient (Wildman–Crippen LogP) is 2.29. The number of rotatable bonds is 6. The number of hydrogen-bond donors (Lipinski definition) is 1. The lowest BCUT2D eigenvalue weighted by Gasteiger charge is -2.08. The number of esters is 1. The Balaban J connectivity index is 1.64. The Morgan fingerprint density at radius 1 is 1.20 bits per heavy atom. The van der Waals surface area contributed by atoms with E-state index in [4.69, 9.17) is 36.3 Å². The van der Waals surface area contributed by atoms with Crippen molar-refractivity contribution in [3.8, 4) is 17.2 Å². The van der Waals surface area contributed by atoms with E-state index >= 15 is 0 Å². The smallest absolute Gasteiger partial charge is 0.338 e. The lowest BCUT2D eigenvalue weighted by atomic mass is 10.2. The van der Waals surface area contributed by atoms with Crippen LogP contribution < -0.4 is 19.9 Å². The molecule has 130 valence electrons. The molecule has 0 fully saturated rings. The zero-order chi connectivity index (χ0) is 17.8. The molecule has 0 aliphatic carbocycles. The molecular weight excluding hydrogens is 350 g/mol. The van der Waals surface area contributed by atoms with Crippen LogP contribution in [0.5, 0.6) is 17.2 Å². The maximum Gasteiger partial charge on any atom is 0.338 e. The van der Waals surface area contributed by atoms with Crippen LogP contribution >= 0.6 is 11.6 Å². The molecule has 0 saturated heterocycles. The fraction of sp³-hybridized carbons (Fsp3) is 0.176. The molecule has 2 aromatic carbocycles. The maximum absolute atomic E-state index is 12.2. The molecule has 0 radical (unpaired) electrons. The third-order valence-corrected chi connectivity index (χ3v) is 3.59. The SMILES string of the molecule is NC(=O)COc1cccc(COC(=O)c2cc(Cl)c3c(c2)OCO3)c1. The number of benzene rings is 2. The molecule has 0 spiro atoms. The summed E-state index contributed by atoms with van der Waals surface area (Å²) in [6, 6.07) is 9.79. The third-order valence-electron chi connectivity index (χ3n) is 3.31. The van der Waals surface area contributed by atoms with Gasteiger partial charge in [0.15, 0.2) is 18.1 Å². The van der Waals surface area contributed by atoms with Crippen molar-refractivity contribution < 1.29 is 28.5 Å². The first-order valence-corrected chi connectivity index (χ1v) is 7.67. The Bertz CT molecular complexity index is 823. The van der Waals surface area contributed by atoms with Crippen molar-refractivity contribution in [2.24, 2.45) is 5.73 Å². The van der Waals surface area contributed by atoms with Crippen molar-refractivity contribution >= 4 is 23.5 Å². The molecule has 1 aliphatic rings. The molecule has 3 rings (SSSR count). The number of primary amides is 1. The van der Waals surface area contributed by atoms with Gasteiger partial charge in [-0.25, -0.2) is 4.79 Å². The van der Waals surface area contributed by atoms with Gasteiger partial charge in [0.1, 0.15) is 12.4 Å². The van der Waals surface area contributed by atoms with E-state index in [0.717, 1.165) is 0 Å². The second-order valence-corrected chi connectivity index (χ2v) is 5.58. The van der Waals surface area contributed by atoms with E-state index in [1.165, 1.54) is 12.1 Å². The van der Waals surface area contributed by atoms with Crippen molar-refractivity contribution in [1.29, 1.82) is 0 Å². The Morgan fingerprint density at radius 2 is 2.04 bits per heavy atom. The van der Waals surface area contributed by atoms with E-state index in [1.54, 1.807) is 24.3 Å². The minimum Gasteiger partial charge on any atom is -0.484 e. The fourth-order valence-electron chi connectivity index (χ4n) is 2.20. The molecule has 0 atom stereocenters. The lowest BCUT2D eigenvalue weighted by molar-refractivity contribution is -0.119. The number of carbonyl (C=O) groups excluding carboxylic acids is 2. The number of fused-ring (bicyclic) bond motifs is 1. The van der Waals surface area contributed by atoms with Crippen LogP contribution in [0.15, 0.2) is 36.4 Å². The van der Waals surface area contributed by atoms with Gasteiger partial charge in [-0.2, -0.15) is 0 Å². The predicted molar refractivity (Wildman–Crippen MR) is 87.8 cm³/mol. The van der Waals surface area contributed by atoms with Gasteiger partial charge in [0.2, 0.25) is 6.79 Å². The maximum atomic E-state index is 12.2. The van der Waals surface area contributed by atoms with Gasteiger partial charge < -0.3 is 24.7 Å². The number of ether oxygens (including phenoxy) is 4. The zero-order valence-electron chi connectivity index (χ0n) is 13.0. The summed E-state index contributed by atoms with van der Waals surface area (Å²) in [6.45, 7) is -0.136. The molecule has 0 saturated carbocycles. The number of hydrogen-bond acceptors (Lipinski definition) is 6. The molecule has 25 heavy (non-hydrogen) atoms. The summed E-state index contributed by atoms with van der Waals surface area (Å²) < 4.78 is 20.9. The first-order valence-electron chi connectivity index (χ1n) is 7.29. The molecule has 0 aromatic heterocycles. The average molecular weight is 364 g/mol. The normalized spacial score (nSPS) is 11.9. The van der Waals surface area contributed by atoms with E-state index in [2.05, 4.69) is 0 Å². The van der Waals surface area contributed by atoms with E-state index in [1.807, 2.05) is 0 Å². The van der Waals surface area contributed by atoms with Gasteiger partial charge in [0.05, 0.1) is 10.6 Å². The number of halogens is 1. The quantitative estimate of drug-likeness (QED) is 0.791. The molecule has 1 aliphatic heterocycles. The number of carbonyl (C=O) groups is 2. The Hall–Kier alpha value is -2.93. The number of nitrogens with two attached hydrogens (primary N) is 1. The molecule has 2 aromatic rings. The van der Waals surface area contributed by atoms with Gasteiger partial charge in [-0.05, 0) is 29.8 Å². The lowest BCUT2D eigenvalue weighted by Crippen LogP contribution is -2.20. The highest BCUT2D eigenvalue weighted by Gasteiger charge is 2.21. The fourth-order valence-corrected chi connectivity index (χ4v) is 2.46. The second kappa shape index (κ2) is 7.31. The van der Waals surface area contributed by atoms with Gasteiger partial charge in [-0.3, -0.25) is 4.79 Å². The van der Waals surface area contributed by atoms with E-state index in [9.17, 15) is 9.59 Å². The van der Waals surface area contributed by atoms with Crippen molar-refractivity contribution in [1.82, 2.24) is 0 Å². The average Bonchev–Trinajstić information content (AvgIpc) is 3.07. The van der Waals surface area contributed by atoms with Crippen molar-refractivity contribution in [3.63, 3.8) is 0 Å². The zero-order valence-corrected chi connectivity index (χ0v) is 13.7. The summed E-state index contributed by atoms with van der Waals surface area (Å²) in [7, 11) is 0. The van der Waals surface area contributed by atoms with Crippen LogP contribution in [0.25, 0.3) is 0 Å². The Labute approximate surface area is 148 Å². The Kier molecular flexibility index (Phi) is 4.95. The molecule has 1 amide bonds. The van der Waals surface area contributed by atoms with E-state index in [-0.39, 0.29) is 30.6 Å². The van der Waals surface area contributed by atoms with Gasteiger partial charge in [0.25, 0.3) is 5.91 Å². The minimum absolute atomic E-state index is 0.0265. The largest absolute Gasteiger partial charge is 0.484 e. The van der Waals surface area contributed by atoms with Gasteiger partial charge in [0, 0.05) is 0 Å². The van der Waals surface area contributed by atoms with Crippen molar-refractivity contribution in [3.05, 3.63) is 52.5 Å². The summed E-state index contributed by atoms with van der Waals surface area (Å²) in [5, 5.41) is 0.281. The van der Waals surface area contributed by atoms with Crippen LogP contribution in [0.4, 0.5) is 0 Å². The minimum atomic E-state index is -0.573. The van der Waals surface area contributed by atoms with E-state index in [0.29, 0.717) is 22.8 Å². The molecule has 2 N–H and O–H groups in total. The van der Waals surface area contributed by atoms with Crippen LogP contribution in [-0.4, -0.2) is 25.3 Å². The van der Waals surface area contributed by atoms with Crippen LogP contribution in [0, 0.1) is 0 Å². The summed E-state index contributed by atoms with van der Waals surface area (Å²) >= 11 is 6.05. The summed E-state index contributed by atoms with van der Waals surface area (Å²) in [4.78, 5) is 22.9.